The van der Waals surface area contributed by atoms with Crippen molar-refractivity contribution < 1.29 is 14.7 Å². The first kappa shape index (κ1) is 14.8. The lowest BCUT2D eigenvalue weighted by molar-refractivity contribution is -0.141. The van der Waals surface area contributed by atoms with E-state index in [0.29, 0.717) is 18.7 Å². The van der Waals surface area contributed by atoms with Crippen molar-refractivity contribution in [3.63, 3.8) is 0 Å². The van der Waals surface area contributed by atoms with Crippen LogP contribution in [0.3, 0.4) is 0 Å². The highest BCUT2D eigenvalue weighted by Gasteiger charge is 2.34. The van der Waals surface area contributed by atoms with Crippen molar-refractivity contribution in [2.45, 2.75) is 32.7 Å². The van der Waals surface area contributed by atoms with Gasteiger partial charge < -0.3 is 15.3 Å². The minimum atomic E-state index is -0.947. The minimum absolute atomic E-state index is 0.359. The topological polar surface area (TPSA) is 69.6 Å². The molecule has 1 aromatic carbocycles. The molecule has 0 saturated carbocycles. The number of carboxylic acid groups (broad SMARTS) is 1. The van der Waals surface area contributed by atoms with Crippen molar-refractivity contribution in [2.24, 2.45) is 0 Å². The molecule has 1 aliphatic rings. The first-order valence-corrected chi connectivity index (χ1v) is 7.26. The molecule has 1 atom stereocenters. The van der Waals surface area contributed by atoms with Crippen molar-refractivity contribution in [3.8, 4) is 0 Å². The number of benzene rings is 1. The van der Waals surface area contributed by atoms with E-state index >= 15 is 0 Å². The Morgan fingerprint density at radius 2 is 2.10 bits per heavy atom. The lowest BCUT2D eigenvalue weighted by atomic mass is 10.1. The third-order valence-corrected chi connectivity index (χ3v) is 4.09. The van der Waals surface area contributed by atoms with Crippen LogP contribution in [0, 0.1) is 13.8 Å². The lowest BCUT2D eigenvalue weighted by Crippen LogP contribution is -2.42. The van der Waals surface area contributed by atoms with Crippen LogP contribution in [-0.4, -0.2) is 34.6 Å². The number of urea groups is 1. The van der Waals surface area contributed by atoms with Crippen LogP contribution in [0.4, 0.5) is 10.5 Å². The first-order chi connectivity index (χ1) is 9.40. The largest absolute Gasteiger partial charge is 0.480 e. The maximum atomic E-state index is 12.2. The van der Waals surface area contributed by atoms with Crippen molar-refractivity contribution >= 4 is 33.6 Å². The molecule has 0 aliphatic carbocycles. The van der Waals surface area contributed by atoms with Crippen LogP contribution < -0.4 is 5.32 Å². The van der Waals surface area contributed by atoms with Gasteiger partial charge in [-0.2, -0.15) is 0 Å². The number of nitrogens with zero attached hydrogens (tertiary/aromatic N) is 1. The van der Waals surface area contributed by atoms with Crippen LogP contribution in [0.25, 0.3) is 0 Å². The van der Waals surface area contributed by atoms with E-state index in [0.717, 1.165) is 22.0 Å². The third-order valence-electron chi connectivity index (χ3n) is 3.46. The number of halogens is 1. The Bertz CT molecular complexity index is 536. The molecule has 5 nitrogen and oxygen atoms in total. The molecule has 1 fully saturated rings. The Hall–Kier alpha value is -1.56. The van der Waals surface area contributed by atoms with Gasteiger partial charge in [0, 0.05) is 11.0 Å². The maximum absolute atomic E-state index is 12.2. The highest BCUT2D eigenvalue weighted by Crippen LogP contribution is 2.29. The number of nitrogens with one attached hydrogen (secondary N) is 1. The van der Waals surface area contributed by atoms with Crippen molar-refractivity contribution in [1.82, 2.24) is 4.90 Å². The molecule has 2 rings (SSSR count). The molecule has 0 bridgehead atoms. The third kappa shape index (κ3) is 2.95. The summed E-state index contributed by atoms with van der Waals surface area (Å²) < 4.78 is 0.800. The van der Waals surface area contributed by atoms with Crippen LogP contribution >= 0.6 is 15.9 Å². The maximum Gasteiger partial charge on any atom is 0.326 e. The second-order valence-electron chi connectivity index (χ2n) is 5.06. The average Bonchev–Trinajstić information content (AvgIpc) is 2.82. The Morgan fingerprint density at radius 1 is 1.40 bits per heavy atom. The monoisotopic (exact) mass is 340 g/mol. The fraction of sp³-hybridized carbons (Fsp3) is 0.429. The Labute approximate surface area is 126 Å². The Balaban J connectivity index is 2.18. The number of carbonyl (C=O) groups excluding carboxylic acids is 1. The molecule has 0 unspecified atom stereocenters. The van der Waals surface area contributed by atoms with Crippen LogP contribution in [0.15, 0.2) is 16.6 Å². The van der Waals surface area contributed by atoms with E-state index in [4.69, 9.17) is 5.11 Å². The van der Waals surface area contributed by atoms with E-state index in [1.807, 2.05) is 26.0 Å². The number of hydrogen-bond acceptors (Lipinski definition) is 2. The second-order valence-corrected chi connectivity index (χ2v) is 5.91. The molecule has 0 radical (unpaired) electrons. The van der Waals surface area contributed by atoms with Gasteiger partial charge in [-0.25, -0.2) is 9.59 Å². The van der Waals surface area contributed by atoms with E-state index in [1.165, 1.54) is 4.90 Å². The number of rotatable bonds is 2. The summed E-state index contributed by atoms with van der Waals surface area (Å²) in [6.07, 6.45) is 1.23. The number of hydrogen-bond donors (Lipinski definition) is 2. The molecule has 1 aliphatic heterocycles. The molecule has 2 amide bonds. The van der Waals surface area contributed by atoms with Gasteiger partial charge in [0.25, 0.3) is 0 Å². The summed E-state index contributed by atoms with van der Waals surface area (Å²) >= 11 is 3.43. The first-order valence-electron chi connectivity index (χ1n) is 6.47. The highest BCUT2D eigenvalue weighted by molar-refractivity contribution is 9.10. The molecule has 108 valence electrons. The van der Waals surface area contributed by atoms with E-state index < -0.39 is 12.0 Å². The average molecular weight is 341 g/mol. The van der Waals surface area contributed by atoms with Gasteiger partial charge in [-0.05, 0) is 59.8 Å². The number of likely N-dealkylation sites (tertiary alicyclic amines) is 1. The molecular weight excluding hydrogens is 324 g/mol. The van der Waals surface area contributed by atoms with Crippen molar-refractivity contribution in [1.29, 1.82) is 0 Å². The normalized spacial score (nSPS) is 18.1. The molecule has 1 aromatic rings. The van der Waals surface area contributed by atoms with Gasteiger partial charge in [-0.3, -0.25) is 0 Å². The molecule has 1 saturated heterocycles. The number of aliphatic carboxylic acids is 1. The Morgan fingerprint density at radius 3 is 2.70 bits per heavy atom. The summed E-state index contributed by atoms with van der Waals surface area (Å²) in [5, 5.41) is 11.9. The summed E-state index contributed by atoms with van der Waals surface area (Å²) in [4.78, 5) is 24.7. The molecule has 6 heteroatoms. The molecule has 1 heterocycles. The molecule has 20 heavy (non-hydrogen) atoms. The number of amides is 2. The Kier molecular flexibility index (Phi) is 4.32. The zero-order chi connectivity index (χ0) is 14.9. The number of carbonyl (C=O) groups is 2. The number of carboxylic acids is 1. The summed E-state index contributed by atoms with van der Waals surface area (Å²) in [7, 11) is 0. The summed E-state index contributed by atoms with van der Waals surface area (Å²) in [5.74, 6) is -0.947. The molecule has 0 aromatic heterocycles. The van der Waals surface area contributed by atoms with Gasteiger partial charge in [-0.1, -0.05) is 6.07 Å². The quantitative estimate of drug-likeness (QED) is 0.868. The van der Waals surface area contributed by atoms with Crippen molar-refractivity contribution in [3.05, 3.63) is 27.7 Å². The fourth-order valence-corrected chi connectivity index (χ4v) is 3.29. The summed E-state index contributed by atoms with van der Waals surface area (Å²) in [5.41, 5.74) is 2.73. The van der Waals surface area contributed by atoms with Gasteiger partial charge in [-0.15, -0.1) is 0 Å². The van der Waals surface area contributed by atoms with Crippen LogP contribution in [-0.2, 0) is 4.79 Å². The standard InChI is InChI=1S/C14H17BrN2O3/c1-8-6-9(2)12(10(15)7-8)16-14(20)17-5-3-4-11(17)13(18)19/h6-7,11H,3-5H2,1-2H3,(H,16,20)(H,18,19)/t11-/m0/s1. The lowest BCUT2D eigenvalue weighted by Gasteiger charge is -2.23. The van der Waals surface area contributed by atoms with Crippen LogP contribution in [0.5, 0.6) is 0 Å². The SMILES string of the molecule is Cc1cc(C)c(NC(=O)N2CCC[C@H]2C(=O)O)c(Br)c1. The fourth-order valence-electron chi connectivity index (χ4n) is 2.52. The zero-order valence-corrected chi connectivity index (χ0v) is 13.0. The van der Waals surface area contributed by atoms with E-state index in [9.17, 15) is 9.59 Å². The molecular formula is C14H17BrN2O3. The van der Waals surface area contributed by atoms with Gasteiger partial charge in [0.2, 0.25) is 0 Å². The summed E-state index contributed by atoms with van der Waals surface area (Å²) in [6.45, 7) is 4.36. The van der Waals surface area contributed by atoms with Crippen LogP contribution in [0.1, 0.15) is 24.0 Å². The number of anilines is 1. The van der Waals surface area contributed by atoms with E-state index in [1.54, 1.807) is 0 Å². The van der Waals surface area contributed by atoms with Gasteiger partial charge >= 0.3 is 12.0 Å². The van der Waals surface area contributed by atoms with Crippen LogP contribution in [0.2, 0.25) is 0 Å². The van der Waals surface area contributed by atoms with Gasteiger partial charge in [0.1, 0.15) is 6.04 Å². The van der Waals surface area contributed by atoms with Gasteiger partial charge in [0.15, 0.2) is 0 Å². The molecule has 2 N–H and O–H groups in total. The number of aryl methyl sites for hydroxylation is 2. The second kappa shape index (κ2) is 5.83. The smallest absolute Gasteiger partial charge is 0.326 e. The van der Waals surface area contributed by atoms with E-state index in [-0.39, 0.29) is 6.03 Å². The van der Waals surface area contributed by atoms with Gasteiger partial charge in [0.05, 0.1) is 5.69 Å². The highest BCUT2D eigenvalue weighted by atomic mass is 79.9. The van der Waals surface area contributed by atoms with E-state index in [2.05, 4.69) is 21.2 Å². The van der Waals surface area contributed by atoms with Crippen molar-refractivity contribution in [2.75, 3.05) is 11.9 Å². The predicted octanol–water partition coefficient (Wildman–Crippen LogP) is 3.15. The zero-order valence-electron chi connectivity index (χ0n) is 11.4. The minimum Gasteiger partial charge on any atom is -0.480 e. The molecule has 0 spiro atoms. The predicted molar refractivity (Wildman–Crippen MR) is 80.0 cm³/mol. The summed E-state index contributed by atoms with van der Waals surface area (Å²) in [6, 6.07) is 2.81.